The van der Waals surface area contributed by atoms with Crippen molar-refractivity contribution in [2.45, 2.75) is 63.1 Å². The number of benzene rings is 3. The second-order valence-electron chi connectivity index (χ2n) is 9.14. The van der Waals surface area contributed by atoms with Gasteiger partial charge in [0.2, 0.25) is 0 Å². The zero-order valence-corrected chi connectivity index (χ0v) is 21.5. The van der Waals surface area contributed by atoms with Crippen LogP contribution in [0.1, 0.15) is 84.4 Å². The summed E-state index contributed by atoms with van der Waals surface area (Å²) in [6.45, 7) is 2.24. The summed E-state index contributed by atoms with van der Waals surface area (Å²) in [5.41, 5.74) is 3.14. The summed E-state index contributed by atoms with van der Waals surface area (Å²) in [5.74, 6) is 0. The quantitative estimate of drug-likeness (QED) is 0.300. The maximum atomic E-state index is 12.4. The minimum absolute atomic E-state index is 0.726. The van der Waals surface area contributed by atoms with E-state index in [1.165, 1.54) is 37.7 Å². The van der Waals surface area contributed by atoms with E-state index in [1.807, 2.05) is 42.5 Å². The number of hydrogen-bond acceptors (Lipinski definition) is 2. The summed E-state index contributed by atoms with van der Waals surface area (Å²) in [6, 6.07) is 17.9. The molecule has 3 aliphatic rings. The lowest BCUT2D eigenvalue weighted by atomic mass is 9.56. The molecule has 2 bridgehead atoms. The molecule has 0 amide bonds. The zero-order valence-electron chi connectivity index (χ0n) is 18.3. The molecule has 3 aromatic rings. The zero-order chi connectivity index (χ0) is 22.5. The molecule has 32 heavy (non-hydrogen) atoms. The second-order valence-corrected chi connectivity index (χ2v) is 10.9. The summed E-state index contributed by atoms with van der Waals surface area (Å²) in [7, 11) is 0. The van der Waals surface area contributed by atoms with Gasteiger partial charge in [-0.1, -0.05) is 113 Å². The van der Waals surface area contributed by atoms with E-state index in [4.69, 9.17) is 0 Å². The smallest absolute Gasteiger partial charge is 0.142 e. The molecule has 0 fully saturated rings. The van der Waals surface area contributed by atoms with Gasteiger partial charge in [0.1, 0.15) is 11.2 Å². The molecular weight excluding hydrogens is 528 g/mol. The van der Waals surface area contributed by atoms with Crippen molar-refractivity contribution in [3.8, 4) is 0 Å². The van der Waals surface area contributed by atoms with Crippen LogP contribution in [0.15, 0.2) is 63.5 Å². The average molecular weight is 556 g/mol. The fraction of sp³-hybridized carbons (Fsp3) is 0.357. The lowest BCUT2D eigenvalue weighted by molar-refractivity contribution is 0.0481. The summed E-state index contributed by atoms with van der Waals surface area (Å²) < 4.78 is 1.60. The van der Waals surface area contributed by atoms with E-state index < -0.39 is 11.2 Å². The van der Waals surface area contributed by atoms with Gasteiger partial charge in [0.25, 0.3) is 0 Å². The van der Waals surface area contributed by atoms with Crippen LogP contribution in [-0.2, 0) is 17.6 Å². The van der Waals surface area contributed by atoms with Crippen LogP contribution in [0, 0.1) is 0 Å². The van der Waals surface area contributed by atoms with E-state index in [0.717, 1.165) is 55.2 Å². The van der Waals surface area contributed by atoms with Crippen LogP contribution in [0.2, 0.25) is 0 Å². The Kier molecular flexibility index (Phi) is 5.86. The lowest BCUT2D eigenvalue weighted by Crippen LogP contribution is -2.51. The van der Waals surface area contributed by atoms with Crippen LogP contribution in [0.25, 0.3) is 0 Å². The Balaban J connectivity index is 1.61. The van der Waals surface area contributed by atoms with Crippen LogP contribution in [0.4, 0.5) is 0 Å². The minimum Gasteiger partial charge on any atom is -0.376 e. The van der Waals surface area contributed by atoms with Gasteiger partial charge in [-0.15, -0.1) is 0 Å². The molecule has 0 aliphatic heterocycles. The number of halogens is 2. The predicted molar refractivity (Wildman–Crippen MR) is 136 cm³/mol. The Morgan fingerprint density at radius 2 is 1.19 bits per heavy atom. The van der Waals surface area contributed by atoms with E-state index in [1.54, 1.807) is 0 Å². The molecule has 0 saturated carbocycles. The van der Waals surface area contributed by atoms with E-state index >= 15 is 0 Å². The van der Waals surface area contributed by atoms with Gasteiger partial charge in [-0.05, 0) is 52.8 Å². The Morgan fingerprint density at radius 1 is 0.656 bits per heavy atom. The summed E-state index contributed by atoms with van der Waals surface area (Å²) >= 11 is 7.34. The van der Waals surface area contributed by atoms with Crippen molar-refractivity contribution in [1.29, 1.82) is 0 Å². The third-order valence-corrected chi connectivity index (χ3v) is 8.54. The van der Waals surface area contributed by atoms with Crippen LogP contribution in [0.5, 0.6) is 0 Å². The average Bonchev–Trinajstić information content (AvgIpc) is 2.80. The summed E-state index contributed by atoms with van der Waals surface area (Å²) in [4.78, 5) is 0. The van der Waals surface area contributed by atoms with Crippen molar-refractivity contribution in [1.82, 2.24) is 0 Å². The second kappa shape index (κ2) is 8.39. The topological polar surface area (TPSA) is 40.5 Å². The number of rotatable bonds is 7. The molecule has 166 valence electrons. The highest BCUT2D eigenvalue weighted by atomic mass is 79.9. The van der Waals surface area contributed by atoms with Crippen molar-refractivity contribution in [3.05, 3.63) is 102 Å². The van der Waals surface area contributed by atoms with Gasteiger partial charge in [0.05, 0.1) is 0 Å². The highest BCUT2D eigenvalue weighted by Gasteiger charge is 2.59. The number of hydrogen-bond donors (Lipinski definition) is 2. The number of unbranched alkanes of at least 4 members (excludes halogenated alkanes) is 5. The standard InChI is InChI=1S/C28H28Br2O2/c1-2-3-4-5-6-7-10-18-13-14-21-22(17-18)28(32)20-12-9-8-11-19(20)27(21,31)25-23(29)15-16-24(30)26(25)28/h8-9,11-17,31-32H,2-7,10H2,1H3/t27-,28-/m1/s1. The van der Waals surface area contributed by atoms with Crippen LogP contribution in [-0.4, -0.2) is 10.2 Å². The predicted octanol–water partition coefficient (Wildman–Crippen LogP) is 7.31. The van der Waals surface area contributed by atoms with Gasteiger partial charge in [0, 0.05) is 20.1 Å². The SMILES string of the molecule is CCCCCCCCc1ccc2c(c1)[C@]1(O)c3ccccc3[C@]2(O)c2c(Br)ccc(Br)c21. The molecule has 0 radical (unpaired) electrons. The summed E-state index contributed by atoms with van der Waals surface area (Å²) in [6.07, 6.45) is 8.54. The maximum Gasteiger partial charge on any atom is 0.142 e. The summed E-state index contributed by atoms with van der Waals surface area (Å²) in [5, 5.41) is 24.7. The van der Waals surface area contributed by atoms with Gasteiger partial charge in [-0.3, -0.25) is 0 Å². The minimum atomic E-state index is -1.31. The van der Waals surface area contributed by atoms with Crippen molar-refractivity contribution in [2.24, 2.45) is 0 Å². The molecule has 0 unspecified atom stereocenters. The van der Waals surface area contributed by atoms with Crippen molar-refractivity contribution in [2.75, 3.05) is 0 Å². The third kappa shape index (κ3) is 3.10. The van der Waals surface area contributed by atoms with Gasteiger partial charge in [-0.2, -0.15) is 0 Å². The Hall–Kier alpha value is -1.46. The van der Waals surface area contributed by atoms with Gasteiger partial charge < -0.3 is 10.2 Å². The van der Waals surface area contributed by atoms with E-state index in [2.05, 4.69) is 50.9 Å². The Morgan fingerprint density at radius 3 is 1.81 bits per heavy atom. The molecule has 2 atom stereocenters. The first-order valence-corrected chi connectivity index (χ1v) is 13.2. The Bertz CT molecular complexity index is 1190. The van der Waals surface area contributed by atoms with Crippen LogP contribution >= 0.6 is 31.9 Å². The molecule has 2 N–H and O–H groups in total. The third-order valence-electron chi connectivity index (χ3n) is 7.22. The highest BCUT2D eigenvalue weighted by molar-refractivity contribution is 9.11. The molecule has 3 aromatic carbocycles. The van der Waals surface area contributed by atoms with Crippen LogP contribution < -0.4 is 0 Å². The van der Waals surface area contributed by atoms with Gasteiger partial charge in [0.15, 0.2) is 0 Å². The van der Waals surface area contributed by atoms with Crippen LogP contribution in [0.3, 0.4) is 0 Å². The van der Waals surface area contributed by atoms with Crippen molar-refractivity contribution < 1.29 is 10.2 Å². The molecule has 6 rings (SSSR count). The molecule has 2 nitrogen and oxygen atoms in total. The molecule has 0 heterocycles. The van der Waals surface area contributed by atoms with Crippen molar-refractivity contribution in [3.63, 3.8) is 0 Å². The van der Waals surface area contributed by atoms with E-state index in [-0.39, 0.29) is 0 Å². The lowest BCUT2D eigenvalue weighted by Gasteiger charge is -2.52. The van der Waals surface area contributed by atoms with E-state index in [9.17, 15) is 10.2 Å². The largest absolute Gasteiger partial charge is 0.376 e. The molecule has 4 heteroatoms. The molecule has 0 saturated heterocycles. The number of aryl methyl sites for hydroxylation is 1. The van der Waals surface area contributed by atoms with Gasteiger partial charge in [-0.25, -0.2) is 0 Å². The first-order valence-electron chi connectivity index (χ1n) is 11.6. The monoisotopic (exact) mass is 554 g/mol. The van der Waals surface area contributed by atoms with Gasteiger partial charge >= 0.3 is 0 Å². The van der Waals surface area contributed by atoms with E-state index in [0.29, 0.717) is 0 Å². The Labute approximate surface area is 207 Å². The first-order chi connectivity index (χ1) is 15.4. The normalized spacial score (nSPS) is 22.4. The molecular formula is C28H28Br2O2. The first kappa shape index (κ1) is 22.3. The molecule has 0 spiro atoms. The molecule has 3 aliphatic carbocycles. The molecule has 0 aromatic heterocycles. The maximum absolute atomic E-state index is 12.4. The van der Waals surface area contributed by atoms with Crippen molar-refractivity contribution >= 4 is 31.9 Å². The highest BCUT2D eigenvalue weighted by Crippen LogP contribution is 2.62. The fourth-order valence-corrected chi connectivity index (χ4v) is 6.91. The number of aliphatic hydroxyl groups is 2. The fourth-order valence-electron chi connectivity index (χ4n) is 5.67.